The third-order valence-corrected chi connectivity index (χ3v) is 7.69. The molecule has 12 nitrogen and oxygen atoms in total. The Morgan fingerprint density at radius 2 is 1.00 bits per heavy atom. The first-order valence-corrected chi connectivity index (χ1v) is 17.5. The lowest BCUT2D eigenvalue weighted by atomic mass is 9.97. The van der Waals surface area contributed by atoms with Crippen molar-refractivity contribution in [1.29, 1.82) is 0 Å². The van der Waals surface area contributed by atoms with Gasteiger partial charge in [-0.25, -0.2) is 0 Å². The second-order valence-corrected chi connectivity index (χ2v) is 11.9. The van der Waals surface area contributed by atoms with Crippen molar-refractivity contribution >= 4 is 23.9 Å². The van der Waals surface area contributed by atoms with Crippen molar-refractivity contribution in [3.63, 3.8) is 0 Å². The van der Waals surface area contributed by atoms with Crippen molar-refractivity contribution in [3.05, 3.63) is 0 Å². The maximum absolute atomic E-state index is 13.1. The van der Waals surface area contributed by atoms with Crippen molar-refractivity contribution < 1.29 is 57.8 Å². The predicted molar refractivity (Wildman–Crippen MR) is 169 cm³/mol. The summed E-state index contributed by atoms with van der Waals surface area (Å²) in [4.78, 5) is 51.6. The number of unbranched alkanes of at least 4 members (excludes halogenated alkanes) is 10. The summed E-state index contributed by atoms with van der Waals surface area (Å²) in [5.74, 6) is -2.28. The number of hydrogen-bond donors (Lipinski definition) is 2. The molecule has 268 valence electrons. The summed E-state index contributed by atoms with van der Waals surface area (Å²) in [6, 6.07) is 0. The monoisotopic (exact) mass is 660 g/mol. The molecule has 0 bridgehead atoms. The van der Waals surface area contributed by atoms with Crippen LogP contribution in [0.15, 0.2) is 0 Å². The van der Waals surface area contributed by atoms with Gasteiger partial charge in [0, 0.05) is 25.7 Å². The quantitative estimate of drug-likeness (QED) is 0.0525. The van der Waals surface area contributed by atoms with Crippen LogP contribution in [-0.4, -0.2) is 84.3 Å². The van der Waals surface area contributed by atoms with E-state index < -0.39 is 67.5 Å². The minimum atomic E-state index is -1.73. The molecular formula is C34H60O12. The third kappa shape index (κ3) is 17.6. The van der Waals surface area contributed by atoms with E-state index in [2.05, 4.69) is 6.92 Å². The smallest absolute Gasteiger partial charge is 0.306 e. The van der Waals surface area contributed by atoms with Gasteiger partial charge in [0.25, 0.3) is 0 Å². The molecule has 0 aromatic carbocycles. The van der Waals surface area contributed by atoms with Crippen LogP contribution in [0.4, 0.5) is 0 Å². The van der Waals surface area contributed by atoms with Crippen LogP contribution in [0.1, 0.15) is 143 Å². The number of esters is 4. The fourth-order valence-corrected chi connectivity index (χ4v) is 5.03. The topological polar surface area (TPSA) is 164 Å². The molecule has 0 spiro atoms. The second-order valence-electron chi connectivity index (χ2n) is 11.9. The number of ether oxygens (including phenoxy) is 6. The molecule has 0 radical (unpaired) electrons. The number of aliphatic hydroxyl groups excluding tert-OH is 2. The lowest BCUT2D eigenvalue weighted by molar-refractivity contribution is -0.338. The summed E-state index contributed by atoms with van der Waals surface area (Å²) in [7, 11) is 0. The minimum absolute atomic E-state index is 0.0718. The summed E-state index contributed by atoms with van der Waals surface area (Å²) >= 11 is 0. The van der Waals surface area contributed by atoms with Crippen molar-refractivity contribution in [2.75, 3.05) is 13.2 Å². The fourth-order valence-electron chi connectivity index (χ4n) is 5.03. The zero-order chi connectivity index (χ0) is 34.2. The maximum atomic E-state index is 13.1. The number of aliphatic hydroxyl groups is 2. The summed E-state index contributed by atoms with van der Waals surface area (Å²) in [5.41, 5.74) is 0. The molecule has 1 heterocycles. The first-order chi connectivity index (χ1) is 22.2. The van der Waals surface area contributed by atoms with Gasteiger partial charge in [-0.05, 0) is 25.7 Å². The van der Waals surface area contributed by atoms with E-state index in [1.807, 2.05) is 20.8 Å². The van der Waals surface area contributed by atoms with Crippen LogP contribution in [0.5, 0.6) is 0 Å². The van der Waals surface area contributed by atoms with Crippen LogP contribution < -0.4 is 0 Å². The van der Waals surface area contributed by atoms with Gasteiger partial charge in [0.05, 0.1) is 6.61 Å². The van der Waals surface area contributed by atoms with Gasteiger partial charge in [-0.1, -0.05) is 91.9 Å². The molecule has 1 fully saturated rings. The van der Waals surface area contributed by atoms with E-state index in [1.165, 1.54) is 0 Å². The maximum Gasteiger partial charge on any atom is 0.306 e. The minimum Gasteiger partial charge on any atom is -0.463 e. The number of hydrogen-bond acceptors (Lipinski definition) is 12. The predicted octanol–water partition coefficient (Wildman–Crippen LogP) is 5.42. The van der Waals surface area contributed by atoms with E-state index >= 15 is 0 Å². The van der Waals surface area contributed by atoms with Crippen LogP contribution in [0.3, 0.4) is 0 Å². The molecule has 1 aliphatic heterocycles. The Labute approximate surface area is 275 Å². The average Bonchev–Trinajstić information content (AvgIpc) is 3.03. The van der Waals surface area contributed by atoms with E-state index in [0.29, 0.717) is 25.7 Å². The SMILES string of the molecule is CCCCCCCC(=O)O[C@@H]1[C@H](OC(O)CO)O[C@H](COC(=O)CCCCC)[C@@H](OC(=O)CCCCC)[C@@H]1OC(=O)CCCCC. The lowest BCUT2D eigenvalue weighted by Crippen LogP contribution is -2.63. The Balaban J connectivity index is 3.40. The van der Waals surface area contributed by atoms with Crippen molar-refractivity contribution in [3.8, 4) is 0 Å². The molecule has 6 atom stereocenters. The van der Waals surface area contributed by atoms with Crippen LogP contribution in [0.2, 0.25) is 0 Å². The first kappa shape index (κ1) is 41.7. The molecule has 0 aromatic heterocycles. The van der Waals surface area contributed by atoms with Gasteiger partial charge in [-0.2, -0.15) is 0 Å². The van der Waals surface area contributed by atoms with Crippen LogP contribution >= 0.6 is 0 Å². The Kier molecular flexibility index (Phi) is 23.4. The van der Waals surface area contributed by atoms with Gasteiger partial charge in [0.1, 0.15) is 12.7 Å². The summed E-state index contributed by atoms with van der Waals surface area (Å²) in [6.45, 7) is 6.93. The molecule has 1 aliphatic rings. The summed E-state index contributed by atoms with van der Waals surface area (Å²) in [6.07, 6.45) is 3.15. The zero-order valence-electron chi connectivity index (χ0n) is 28.6. The van der Waals surface area contributed by atoms with E-state index in [0.717, 1.165) is 64.2 Å². The number of rotatable bonds is 26. The van der Waals surface area contributed by atoms with Crippen molar-refractivity contribution in [1.82, 2.24) is 0 Å². The Morgan fingerprint density at radius 1 is 0.587 bits per heavy atom. The highest BCUT2D eigenvalue weighted by atomic mass is 16.8. The van der Waals surface area contributed by atoms with E-state index in [-0.39, 0.29) is 32.3 Å². The third-order valence-electron chi connectivity index (χ3n) is 7.69. The van der Waals surface area contributed by atoms with E-state index in [1.54, 1.807) is 0 Å². The largest absolute Gasteiger partial charge is 0.463 e. The average molecular weight is 661 g/mol. The highest BCUT2D eigenvalue weighted by Gasteiger charge is 2.53. The van der Waals surface area contributed by atoms with Crippen LogP contribution in [0.25, 0.3) is 0 Å². The van der Waals surface area contributed by atoms with Crippen molar-refractivity contribution in [2.45, 2.75) is 180 Å². The normalized spacial score (nSPS) is 21.7. The van der Waals surface area contributed by atoms with Crippen molar-refractivity contribution in [2.24, 2.45) is 0 Å². The summed E-state index contributed by atoms with van der Waals surface area (Å²) in [5, 5.41) is 19.7. The van der Waals surface area contributed by atoms with E-state index in [4.69, 9.17) is 28.4 Å². The molecule has 0 saturated carbocycles. The molecule has 12 heteroatoms. The van der Waals surface area contributed by atoms with Gasteiger partial charge >= 0.3 is 23.9 Å². The molecule has 46 heavy (non-hydrogen) atoms. The Hall–Kier alpha value is -2.28. The zero-order valence-corrected chi connectivity index (χ0v) is 28.6. The van der Waals surface area contributed by atoms with Gasteiger partial charge in [0.15, 0.2) is 24.6 Å². The number of carbonyl (C=O) groups excluding carboxylic acids is 4. The Morgan fingerprint density at radius 3 is 1.50 bits per heavy atom. The molecule has 0 aromatic rings. The van der Waals surface area contributed by atoms with Gasteiger partial charge in [0.2, 0.25) is 6.29 Å². The first-order valence-electron chi connectivity index (χ1n) is 17.5. The number of carbonyl (C=O) groups is 4. The molecule has 1 unspecified atom stereocenters. The molecule has 0 amide bonds. The highest BCUT2D eigenvalue weighted by Crippen LogP contribution is 2.31. The summed E-state index contributed by atoms with van der Waals surface area (Å²) < 4.78 is 34.5. The van der Waals surface area contributed by atoms with Crippen LogP contribution in [0, 0.1) is 0 Å². The second kappa shape index (κ2) is 25.8. The molecule has 1 rings (SSSR count). The molecule has 0 aliphatic carbocycles. The molecular weight excluding hydrogens is 600 g/mol. The highest BCUT2D eigenvalue weighted by molar-refractivity contribution is 5.72. The van der Waals surface area contributed by atoms with Gasteiger partial charge < -0.3 is 38.6 Å². The van der Waals surface area contributed by atoms with Gasteiger partial charge in [-0.15, -0.1) is 0 Å². The Bertz CT molecular complexity index is 850. The fraction of sp³-hybridized carbons (Fsp3) is 0.882. The molecule has 1 saturated heterocycles. The molecule has 2 N–H and O–H groups in total. The standard InChI is InChI=1S/C34H60O12/c1-5-9-13-14-18-22-29(39)45-33-32(44-28(38)21-17-12-8-4)31(43-27(37)20-16-11-7-3)25(42-34(33)46-30(40)23-35)24-41-26(36)19-15-10-6-2/h25,30-35,40H,5-24H2,1-4H3/t25-,30?,31-,32+,33+,34+/m1/s1. The van der Waals surface area contributed by atoms with Gasteiger partial charge in [-0.3, -0.25) is 19.2 Å². The lowest BCUT2D eigenvalue weighted by Gasteiger charge is -2.44. The van der Waals surface area contributed by atoms with E-state index in [9.17, 15) is 29.4 Å². The van der Waals surface area contributed by atoms with Crippen LogP contribution in [-0.2, 0) is 47.6 Å².